The highest BCUT2D eigenvalue weighted by atomic mass is 32.1. The van der Waals surface area contributed by atoms with Crippen molar-refractivity contribution in [3.63, 3.8) is 0 Å². The number of carbonyl (C=O) groups excluding carboxylic acids is 2. The van der Waals surface area contributed by atoms with Crippen molar-refractivity contribution in [2.24, 2.45) is 0 Å². The molecule has 0 aliphatic heterocycles. The van der Waals surface area contributed by atoms with Gasteiger partial charge in [0.1, 0.15) is 0 Å². The van der Waals surface area contributed by atoms with Crippen molar-refractivity contribution in [2.75, 3.05) is 11.9 Å². The molecule has 0 spiro atoms. The van der Waals surface area contributed by atoms with Gasteiger partial charge in [0.15, 0.2) is 0 Å². The summed E-state index contributed by atoms with van der Waals surface area (Å²) in [4.78, 5) is 23.5. The SMILES string of the molecule is O=C(NCC(O)c1ccc2ccccc2c1)C(=O)Nc1ccsc1. The van der Waals surface area contributed by atoms with E-state index in [1.807, 2.05) is 42.5 Å². The third-order valence-electron chi connectivity index (χ3n) is 3.60. The Morgan fingerprint density at radius 3 is 2.58 bits per heavy atom. The normalized spacial score (nSPS) is 11.9. The topological polar surface area (TPSA) is 78.4 Å². The average Bonchev–Trinajstić information content (AvgIpc) is 3.11. The Morgan fingerprint density at radius 2 is 1.83 bits per heavy atom. The fraction of sp³-hybridized carbons (Fsp3) is 0.111. The van der Waals surface area contributed by atoms with Crippen molar-refractivity contribution in [3.8, 4) is 0 Å². The van der Waals surface area contributed by atoms with Gasteiger partial charge in [0.2, 0.25) is 0 Å². The maximum Gasteiger partial charge on any atom is 0.313 e. The van der Waals surface area contributed by atoms with E-state index in [0.717, 1.165) is 10.8 Å². The van der Waals surface area contributed by atoms with E-state index < -0.39 is 17.9 Å². The Kier molecular flexibility index (Phi) is 4.88. The second-order valence-corrected chi connectivity index (χ2v) is 6.08. The Bertz CT molecular complexity index is 862. The number of nitrogens with one attached hydrogen (secondary N) is 2. The summed E-state index contributed by atoms with van der Waals surface area (Å²) >= 11 is 1.42. The number of amides is 2. The highest BCUT2D eigenvalue weighted by molar-refractivity contribution is 7.08. The van der Waals surface area contributed by atoms with E-state index in [1.54, 1.807) is 16.8 Å². The number of aliphatic hydroxyl groups is 1. The van der Waals surface area contributed by atoms with Crippen molar-refractivity contribution in [1.29, 1.82) is 0 Å². The molecule has 3 N–H and O–H groups in total. The Balaban J connectivity index is 1.58. The molecule has 24 heavy (non-hydrogen) atoms. The highest BCUT2D eigenvalue weighted by Crippen LogP contribution is 2.20. The fourth-order valence-corrected chi connectivity index (χ4v) is 2.91. The molecule has 0 fully saturated rings. The lowest BCUT2D eigenvalue weighted by Gasteiger charge is -2.13. The van der Waals surface area contributed by atoms with Crippen molar-refractivity contribution >= 4 is 39.6 Å². The summed E-state index contributed by atoms with van der Waals surface area (Å²) in [5.41, 5.74) is 1.27. The summed E-state index contributed by atoms with van der Waals surface area (Å²) in [6.45, 7) is -0.0335. The first-order chi connectivity index (χ1) is 11.6. The molecule has 3 rings (SSSR count). The number of hydrogen-bond acceptors (Lipinski definition) is 4. The predicted molar refractivity (Wildman–Crippen MR) is 94.9 cm³/mol. The van der Waals surface area contributed by atoms with Crippen LogP contribution >= 0.6 is 11.3 Å². The molecule has 0 aliphatic rings. The van der Waals surface area contributed by atoms with Crippen LogP contribution in [0.3, 0.4) is 0 Å². The largest absolute Gasteiger partial charge is 0.387 e. The molecule has 0 radical (unpaired) electrons. The maximum absolute atomic E-state index is 11.8. The molecule has 6 heteroatoms. The highest BCUT2D eigenvalue weighted by Gasteiger charge is 2.16. The lowest BCUT2D eigenvalue weighted by molar-refractivity contribution is -0.136. The van der Waals surface area contributed by atoms with Crippen LogP contribution in [0.5, 0.6) is 0 Å². The van der Waals surface area contributed by atoms with Crippen LogP contribution in [0.25, 0.3) is 10.8 Å². The van der Waals surface area contributed by atoms with Crippen LogP contribution < -0.4 is 10.6 Å². The molecular weight excluding hydrogens is 324 g/mol. The number of carbonyl (C=O) groups is 2. The summed E-state index contributed by atoms with van der Waals surface area (Å²) in [6.07, 6.45) is -0.882. The third kappa shape index (κ3) is 3.79. The van der Waals surface area contributed by atoms with Gasteiger partial charge >= 0.3 is 11.8 Å². The monoisotopic (exact) mass is 340 g/mol. The first-order valence-electron chi connectivity index (χ1n) is 7.41. The van der Waals surface area contributed by atoms with Crippen molar-refractivity contribution in [1.82, 2.24) is 5.32 Å². The fourth-order valence-electron chi connectivity index (χ4n) is 2.33. The van der Waals surface area contributed by atoms with Crippen LogP contribution in [-0.4, -0.2) is 23.5 Å². The Morgan fingerprint density at radius 1 is 1.04 bits per heavy atom. The van der Waals surface area contributed by atoms with Crippen LogP contribution in [0.15, 0.2) is 59.3 Å². The molecule has 2 aromatic carbocycles. The van der Waals surface area contributed by atoms with E-state index in [9.17, 15) is 14.7 Å². The van der Waals surface area contributed by atoms with E-state index >= 15 is 0 Å². The summed E-state index contributed by atoms with van der Waals surface area (Å²) < 4.78 is 0. The second-order valence-electron chi connectivity index (χ2n) is 5.30. The van der Waals surface area contributed by atoms with Gasteiger partial charge in [-0.05, 0) is 33.8 Å². The Hall–Kier alpha value is -2.70. The molecule has 1 heterocycles. The summed E-state index contributed by atoms with van der Waals surface area (Å²) in [5, 5.41) is 20.8. The van der Waals surface area contributed by atoms with Crippen LogP contribution in [-0.2, 0) is 9.59 Å². The standard InChI is InChI=1S/C18H16N2O3S/c21-16(14-6-5-12-3-1-2-4-13(12)9-14)10-19-17(22)18(23)20-15-7-8-24-11-15/h1-9,11,16,21H,10H2,(H,19,22)(H,20,23). The van der Waals surface area contributed by atoms with E-state index in [0.29, 0.717) is 11.3 Å². The molecule has 5 nitrogen and oxygen atoms in total. The average molecular weight is 340 g/mol. The number of fused-ring (bicyclic) bond motifs is 1. The quantitative estimate of drug-likeness (QED) is 0.639. The molecular formula is C18H16N2O3S. The molecule has 1 unspecified atom stereocenters. The van der Waals surface area contributed by atoms with Crippen LogP contribution in [0.4, 0.5) is 5.69 Å². The van der Waals surface area contributed by atoms with E-state index in [-0.39, 0.29) is 6.54 Å². The molecule has 0 saturated carbocycles. The van der Waals surface area contributed by atoms with Gasteiger partial charge in [-0.3, -0.25) is 9.59 Å². The summed E-state index contributed by atoms with van der Waals surface area (Å²) in [7, 11) is 0. The van der Waals surface area contributed by atoms with Gasteiger partial charge in [0, 0.05) is 11.9 Å². The molecule has 3 aromatic rings. The second kappa shape index (κ2) is 7.25. The number of rotatable bonds is 4. The van der Waals surface area contributed by atoms with Gasteiger partial charge in [-0.2, -0.15) is 11.3 Å². The molecule has 1 atom stereocenters. The van der Waals surface area contributed by atoms with Crippen LogP contribution in [0, 0.1) is 0 Å². The number of anilines is 1. The predicted octanol–water partition coefficient (Wildman–Crippen LogP) is 2.69. The molecule has 0 bridgehead atoms. The molecule has 1 aromatic heterocycles. The summed E-state index contributed by atoms with van der Waals surface area (Å²) in [5.74, 6) is -1.53. The van der Waals surface area contributed by atoms with Gasteiger partial charge in [-0.15, -0.1) is 0 Å². The minimum Gasteiger partial charge on any atom is -0.387 e. The van der Waals surface area contributed by atoms with Crippen molar-refractivity contribution in [2.45, 2.75) is 6.10 Å². The minimum atomic E-state index is -0.882. The molecule has 0 aliphatic carbocycles. The first kappa shape index (κ1) is 16.2. The number of thiophene rings is 1. The van der Waals surface area contributed by atoms with Gasteiger partial charge < -0.3 is 15.7 Å². The molecule has 122 valence electrons. The van der Waals surface area contributed by atoms with E-state index in [4.69, 9.17) is 0 Å². The van der Waals surface area contributed by atoms with Crippen molar-refractivity contribution < 1.29 is 14.7 Å². The zero-order valence-electron chi connectivity index (χ0n) is 12.7. The minimum absolute atomic E-state index is 0.0335. The van der Waals surface area contributed by atoms with E-state index in [1.165, 1.54) is 11.3 Å². The van der Waals surface area contributed by atoms with Gasteiger partial charge in [-0.25, -0.2) is 0 Å². The third-order valence-corrected chi connectivity index (χ3v) is 4.28. The van der Waals surface area contributed by atoms with Gasteiger partial charge in [0.25, 0.3) is 0 Å². The Labute approximate surface area is 142 Å². The zero-order valence-corrected chi connectivity index (χ0v) is 13.5. The number of benzene rings is 2. The van der Waals surface area contributed by atoms with E-state index in [2.05, 4.69) is 10.6 Å². The number of aliphatic hydroxyl groups excluding tert-OH is 1. The lowest BCUT2D eigenvalue weighted by atomic mass is 10.0. The maximum atomic E-state index is 11.8. The van der Waals surface area contributed by atoms with Gasteiger partial charge in [0.05, 0.1) is 11.8 Å². The smallest absolute Gasteiger partial charge is 0.313 e. The lowest BCUT2D eigenvalue weighted by Crippen LogP contribution is -2.37. The van der Waals surface area contributed by atoms with Gasteiger partial charge in [-0.1, -0.05) is 36.4 Å². The first-order valence-corrected chi connectivity index (χ1v) is 8.36. The number of hydrogen-bond donors (Lipinski definition) is 3. The molecule has 2 amide bonds. The van der Waals surface area contributed by atoms with Crippen molar-refractivity contribution in [3.05, 3.63) is 64.9 Å². The molecule has 0 saturated heterocycles. The van der Waals surface area contributed by atoms with Crippen LogP contribution in [0.2, 0.25) is 0 Å². The zero-order chi connectivity index (χ0) is 16.9. The summed E-state index contributed by atoms with van der Waals surface area (Å²) in [6, 6.07) is 15.1. The van der Waals surface area contributed by atoms with Crippen LogP contribution in [0.1, 0.15) is 11.7 Å².